The van der Waals surface area contributed by atoms with Gasteiger partial charge in [0.2, 0.25) is 0 Å². The van der Waals surface area contributed by atoms with E-state index < -0.39 is 0 Å². The molecule has 2 aromatic carbocycles. The van der Waals surface area contributed by atoms with Gasteiger partial charge in [-0.05, 0) is 113 Å². The van der Waals surface area contributed by atoms with Crippen molar-refractivity contribution in [1.29, 1.82) is 0 Å². The van der Waals surface area contributed by atoms with E-state index in [9.17, 15) is 0 Å². The summed E-state index contributed by atoms with van der Waals surface area (Å²) in [4.78, 5) is 2.37. The highest BCUT2D eigenvalue weighted by Crippen LogP contribution is 2.29. The molecule has 1 atom stereocenters. The van der Waals surface area contributed by atoms with Gasteiger partial charge in [-0.25, -0.2) is 0 Å². The third-order valence-electron chi connectivity index (χ3n) is 5.49. The summed E-state index contributed by atoms with van der Waals surface area (Å²) in [5, 5.41) is 26.2. The van der Waals surface area contributed by atoms with E-state index >= 15 is 0 Å². The molecule has 9 heteroatoms. The topological polar surface area (TPSA) is 87.7 Å². The standard InChI is InChI=1S/C27H37N7OS/c1-18(2)8-9-21(7)35-27-33-32-26(36-27)31-30-23-12-10-22(11-13-23)28-29-24-14-16-25(17-15-24)34(19(3)4)20(5)6/h10-21H,8-9H2,1-7H3/b29-28+,31-30+. The van der Waals surface area contributed by atoms with Crippen molar-refractivity contribution in [3.63, 3.8) is 0 Å². The lowest BCUT2D eigenvalue weighted by atomic mass is 10.1. The molecule has 3 aromatic rings. The van der Waals surface area contributed by atoms with E-state index in [0.717, 1.165) is 24.2 Å². The second kappa shape index (κ2) is 13.2. The minimum atomic E-state index is 0.0968. The van der Waals surface area contributed by atoms with Gasteiger partial charge in [0.15, 0.2) is 0 Å². The fourth-order valence-corrected chi connectivity index (χ4v) is 4.39. The first-order chi connectivity index (χ1) is 17.2. The molecule has 1 aromatic heterocycles. The van der Waals surface area contributed by atoms with Gasteiger partial charge in [-0.2, -0.15) is 10.2 Å². The minimum absolute atomic E-state index is 0.0968. The number of anilines is 1. The third-order valence-corrected chi connectivity index (χ3v) is 6.19. The molecule has 1 heterocycles. The van der Waals surface area contributed by atoms with E-state index in [-0.39, 0.29) is 6.10 Å². The first kappa shape index (κ1) is 27.4. The highest BCUT2D eigenvalue weighted by atomic mass is 32.1. The molecule has 8 nitrogen and oxygen atoms in total. The number of benzene rings is 2. The summed E-state index contributed by atoms with van der Waals surface area (Å²) < 4.78 is 5.83. The molecule has 0 spiro atoms. The zero-order valence-electron chi connectivity index (χ0n) is 22.3. The number of rotatable bonds is 12. The normalized spacial score (nSPS) is 12.9. The molecular weight excluding hydrogens is 470 g/mol. The maximum Gasteiger partial charge on any atom is 0.296 e. The maximum atomic E-state index is 5.83. The lowest BCUT2D eigenvalue weighted by Gasteiger charge is -2.33. The molecule has 192 valence electrons. The predicted molar refractivity (Wildman–Crippen MR) is 148 cm³/mol. The van der Waals surface area contributed by atoms with Gasteiger partial charge in [-0.1, -0.05) is 18.9 Å². The molecule has 3 rings (SSSR count). The van der Waals surface area contributed by atoms with Gasteiger partial charge in [0.25, 0.3) is 10.3 Å². The van der Waals surface area contributed by atoms with Crippen molar-refractivity contribution in [3.05, 3.63) is 48.5 Å². The van der Waals surface area contributed by atoms with Crippen molar-refractivity contribution >= 4 is 39.2 Å². The summed E-state index contributed by atoms with van der Waals surface area (Å²) in [6.45, 7) is 15.3. The molecule has 0 bridgehead atoms. The summed E-state index contributed by atoms with van der Waals surface area (Å²) in [6.07, 6.45) is 2.20. The molecule has 0 amide bonds. The predicted octanol–water partition coefficient (Wildman–Crippen LogP) is 9.20. The molecule has 0 aliphatic heterocycles. The number of azo groups is 2. The van der Waals surface area contributed by atoms with Crippen LogP contribution in [0.25, 0.3) is 0 Å². The van der Waals surface area contributed by atoms with Gasteiger partial charge in [0, 0.05) is 17.8 Å². The second-order valence-corrected chi connectivity index (χ2v) is 10.7. The number of ether oxygens (including phenoxy) is 1. The van der Waals surface area contributed by atoms with Crippen LogP contribution in [0.5, 0.6) is 5.19 Å². The Morgan fingerprint density at radius 3 is 1.69 bits per heavy atom. The van der Waals surface area contributed by atoms with Crippen molar-refractivity contribution in [2.24, 2.45) is 26.4 Å². The van der Waals surface area contributed by atoms with E-state index in [1.807, 2.05) is 43.3 Å². The number of hydrogen-bond acceptors (Lipinski definition) is 9. The van der Waals surface area contributed by atoms with Gasteiger partial charge in [-0.3, -0.25) is 0 Å². The van der Waals surface area contributed by atoms with E-state index in [0.29, 0.717) is 34.0 Å². The Morgan fingerprint density at radius 2 is 1.19 bits per heavy atom. The lowest BCUT2D eigenvalue weighted by molar-refractivity contribution is 0.199. The highest BCUT2D eigenvalue weighted by Gasteiger charge is 2.14. The van der Waals surface area contributed by atoms with E-state index in [1.165, 1.54) is 17.0 Å². The maximum absolute atomic E-state index is 5.83. The van der Waals surface area contributed by atoms with Crippen LogP contribution in [0.15, 0.2) is 69.0 Å². The molecule has 0 N–H and O–H groups in total. The van der Waals surface area contributed by atoms with Gasteiger partial charge in [0.05, 0.1) is 23.2 Å². The molecule has 1 unspecified atom stereocenters. The summed E-state index contributed by atoms with van der Waals surface area (Å²) in [5.41, 5.74) is 3.43. The summed E-state index contributed by atoms with van der Waals surface area (Å²) in [7, 11) is 0. The van der Waals surface area contributed by atoms with Gasteiger partial charge in [0.1, 0.15) is 0 Å². The summed E-state index contributed by atoms with van der Waals surface area (Å²) in [5.74, 6) is 0.653. The Hall–Kier alpha value is -3.20. The first-order valence-electron chi connectivity index (χ1n) is 12.5. The first-order valence-corrected chi connectivity index (χ1v) is 13.3. The van der Waals surface area contributed by atoms with Crippen LogP contribution in [0.2, 0.25) is 0 Å². The van der Waals surface area contributed by atoms with Gasteiger partial charge in [-0.15, -0.1) is 15.3 Å². The quantitative estimate of drug-likeness (QED) is 0.229. The van der Waals surface area contributed by atoms with Crippen LogP contribution >= 0.6 is 11.3 Å². The van der Waals surface area contributed by atoms with Crippen LogP contribution in [0.4, 0.5) is 27.9 Å². The second-order valence-electron chi connectivity index (χ2n) is 9.78. The Labute approximate surface area is 218 Å². The molecule has 0 aliphatic carbocycles. The SMILES string of the molecule is CC(C)CCC(C)Oc1nnc(/N=N/c2ccc(/N=N/c3ccc(N(C(C)C)C(C)C)cc3)cc2)s1. The Bertz CT molecular complexity index is 1110. The van der Waals surface area contributed by atoms with Gasteiger partial charge < -0.3 is 9.64 Å². The monoisotopic (exact) mass is 507 g/mol. The van der Waals surface area contributed by atoms with Crippen molar-refractivity contribution in [2.45, 2.75) is 79.5 Å². The molecule has 0 saturated carbocycles. The molecule has 0 aliphatic rings. The Morgan fingerprint density at radius 1 is 0.694 bits per heavy atom. The molecule has 0 fully saturated rings. The Balaban J connectivity index is 1.55. The zero-order chi connectivity index (χ0) is 26.1. The fourth-order valence-electron chi connectivity index (χ4n) is 3.78. The smallest absolute Gasteiger partial charge is 0.296 e. The van der Waals surface area contributed by atoms with Crippen LogP contribution in [-0.4, -0.2) is 28.4 Å². The molecule has 36 heavy (non-hydrogen) atoms. The molecule has 0 radical (unpaired) electrons. The summed E-state index contributed by atoms with van der Waals surface area (Å²) >= 11 is 1.29. The van der Waals surface area contributed by atoms with E-state index in [4.69, 9.17) is 4.74 Å². The molecular formula is C27H37N7OS. The van der Waals surface area contributed by atoms with E-state index in [1.54, 1.807) is 0 Å². The van der Waals surface area contributed by atoms with Crippen molar-refractivity contribution in [3.8, 4) is 5.19 Å². The van der Waals surface area contributed by atoms with Crippen molar-refractivity contribution in [2.75, 3.05) is 4.90 Å². The average molecular weight is 508 g/mol. The number of aromatic nitrogens is 2. The average Bonchev–Trinajstić information content (AvgIpc) is 3.28. The number of hydrogen-bond donors (Lipinski definition) is 0. The lowest BCUT2D eigenvalue weighted by Crippen LogP contribution is -2.36. The zero-order valence-corrected chi connectivity index (χ0v) is 23.1. The fraction of sp³-hybridized carbons (Fsp3) is 0.481. The van der Waals surface area contributed by atoms with Crippen LogP contribution in [0.1, 0.15) is 61.3 Å². The highest BCUT2D eigenvalue weighted by molar-refractivity contribution is 7.16. The Kier molecular flexibility index (Phi) is 10.0. The van der Waals surface area contributed by atoms with Crippen LogP contribution in [0.3, 0.4) is 0 Å². The van der Waals surface area contributed by atoms with Gasteiger partial charge >= 0.3 is 0 Å². The van der Waals surface area contributed by atoms with Crippen LogP contribution in [-0.2, 0) is 0 Å². The van der Waals surface area contributed by atoms with Crippen molar-refractivity contribution < 1.29 is 4.74 Å². The largest absolute Gasteiger partial charge is 0.466 e. The van der Waals surface area contributed by atoms with Crippen LogP contribution in [0, 0.1) is 5.92 Å². The third kappa shape index (κ3) is 8.48. The van der Waals surface area contributed by atoms with Crippen LogP contribution < -0.4 is 9.64 Å². The van der Waals surface area contributed by atoms with E-state index in [2.05, 4.69) is 89.2 Å². The molecule has 0 saturated heterocycles. The summed E-state index contributed by atoms with van der Waals surface area (Å²) in [6, 6.07) is 16.4. The van der Waals surface area contributed by atoms with Crippen molar-refractivity contribution in [1.82, 2.24) is 10.2 Å². The number of nitrogens with zero attached hydrogens (tertiary/aromatic N) is 7. The minimum Gasteiger partial charge on any atom is -0.466 e.